The molecule has 0 aromatic carbocycles. The first-order valence-electron chi connectivity index (χ1n) is 3.06. The van der Waals surface area contributed by atoms with Crippen LogP contribution in [0.3, 0.4) is 0 Å². The van der Waals surface area contributed by atoms with E-state index in [0.717, 1.165) is 0 Å². The SMILES string of the molecule is COC(=O)C(N)CN(C)C. The number of carbonyl (C=O) groups is 1. The van der Waals surface area contributed by atoms with Crippen molar-refractivity contribution in [1.29, 1.82) is 0 Å². The minimum Gasteiger partial charge on any atom is -0.468 e. The van der Waals surface area contributed by atoms with Gasteiger partial charge in [0, 0.05) is 6.54 Å². The van der Waals surface area contributed by atoms with Crippen LogP contribution in [0.25, 0.3) is 0 Å². The molecule has 60 valence electrons. The third kappa shape index (κ3) is 3.42. The summed E-state index contributed by atoms with van der Waals surface area (Å²) in [6, 6.07) is -0.528. The Morgan fingerprint density at radius 3 is 2.50 bits per heavy atom. The normalized spacial score (nSPS) is 13.3. The van der Waals surface area contributed by atoms with E-state index in [1.807, 2.05) is 19.0 Å². The van der Waals surface area contributed by atoms with Crippen LogP contribution < -0.4 is 5.73 Å². The maximum Gasteiger partial charge on any atom is 0.323 e. The van der Waals surface area contributed by atoms with Crippen molar-refractivity contribution >= 4 is 5.97 Å². The molecular formula is C6H14N2O2. The maximum absolute atomic E-state index is 10.7. The Hall–Kier alpha value is -0.610. The number of esters is 1. The molecule has 0 aliphatic rings. The second kappa shape index (κ2) is 4.24. The van der Waals surface area contributed by atoms with Crippen LogP contribution in [0.4, 0.5) is 0 Å². The second-order valence-electron chi connectivity index (χ2n) is 2.39. The van der Waals surface area contributed by atoms with Gasteiger partial charge in [-0.15, -0.1) is 0 Å². The number of hydrogen-bond donors (Lipinski definition) is 1. The Balaban J connectivity index is 3.61. The summed E-state index contributed by atoms with van der Waals surface area (Å²) in [5, 5.41) is 0. The van der Waals surface area contributed by atoms with Gasteiger partial charge in [0.15, 0.2) is 0 Å². The number of carbonyl (C=O) groups excluding carboxylic acids is 1. The van der Waals surface area contributed by atoms with E-state index in [9.17, 15) is 4.79 Å². The highest BCUT2D eigenvalue weighted by molar-refractivity contribution is 5.75. The van der Waals surface area contributed by atoms with Crippen molar-refractivity contribution in [2.45, 2.75) is 6.04 Å². The molecule has 0 aliphatic heterocycles. The number of hydrogen-bond acceptors (Lipinski definition) is 4. The smallest absolute Gasteiger partial charge is 0.323 e. The standard InChI is InChI=1S/C6H14N2O2/c1-8(2)4-5(7)6(9)10-3/h5H,4,7H2,1-3H3. The number of nitrogens with two attached hydrogens (primary N) is 1. The molecule has 10 heavy (non-hydrogen) atoms. The first-order valence-corrected chi connectivity index (χ1v) is 3.06. The average molecular weight is 146 g/mol. The van der Waals surface area contributed by atoms with E-state index in [0.29, 0.717) is 6.54 Å². The molecule has 4 heteroatoms. The van der Waals surface area contributed by atoms with Gasteiger partial charge in [0.25, 0.3) is 0 Å². The van der Waals surface area contributed by atoms with E-state index in [1.165, 1.54) is 7.11 Å². The molecule has 0 radical (unpaired) electrons. The molecular weight excluding hydrogens is 132 g/mol. The van der Waals surface area contributed by atoms with Crippen molar-refractivity contribution < 1.29 is 9.53 Å². The first-order chi connectivity index (χ1) is 4.57. The number of methoxy groups -OCH3 is 1. The molecule has 2 N–H and O–H groups in total. The van der Waals surface area contributed by atoms with Crippen LogP contribution in [-0.4, -0.2) is 44.7 Å². The van der Waals surface area contributed by atoms with E-state index >= 15 is 0 Å². The van der Waals surface area contributed by atoms with Gasteiger partial charge >= 0.3 is 5.97 Å². The van der Waals surface area contributed by atoms with Gasteiger partial charge < -0.3 is 15.4 Å². The summed E-state index contributed by atoms with van der Waals surface area (Å²) in [5.74, 6) is -0.367. The molecule has 0 rings (SSSR count). The summed E-state index contributed by atoms with van der Waals surface area (Å²) in [7, 11) is 5.03. The van der Waals surface area contributed by atoms with Crippen molar-refractivity contribution in [2.24, 2.45) is 5.73 Å². The zero-order chi connectivity index (χ0) is 8.15. The van der Waals surface area contributed by atoms with Crippen LogP contribution in [0.5, 0.6) is 0 Å². The fraction of sp³-hybridized carbons (Fsp3) is 0.833. The number of ether oxygens (including phenoxy) is 1. The van der Waals surface area contributed by atoms with Gasteiger partial charge in [-0.25, -0.2) is 0 Å². The quantitative estimate of drug-likeness (QED) is 0.521. The van der Waals surface area contributed by atoms with E-state index < -0.39 is 6.04 Å². The summed E-state index contributed by atoms with van der Waals surface area (Å²) < 4.78 is 4.42. The van der Waals surface area contributed by atoms with Crippen LogP contribution in [0.2, 0.25) is 0 Å². The lowest BCUT2D eigenvalue weighted by Gasteiger charge is -2.13. The van der Waals surface area contributed by atoms with Gasteiger partial charge in [0.2, 0.25) is 0 Å². The largest absolute Gasteiger partial charge is 0.468 e. The second-order valence-corrected chi connectivity index (χ2v) is 2.39. The fourth-order valence-corrected chi connectivity index (χ4v) is 0.619. The Morgan fingerprint density at radius 1 is 1.70 bits per heavy atom. The van der Waals surface area contributed by atoms with E-state index in [2.05, 4.69) is 4.74 Å². The molecule has 0 aliphatic carbocycles. The molecule has 4 nitrogen and oxygen atoms in total. The van der Waals surface area contributed by atoms with Gasteiger partial charge in [-0.1, -0.05) is 0 Å². The van der Waals surface area contributed by atoms with Crippen LogP contribution in [-0.2, 0) is 9.53 Å². The van der Waals surface area contributed by atoms with Gasteiger partial charge in [-0.2, -0.15) is 0 Å². The molecule has 0 amide bonds. The van der Waals surface area contributed by atoms with Crippen LogP contribution >= 0.6 is 0 Å². The first kappa shape index (κ1) is 9.39. The summed E-state index contributed by atoms with van der Waals surface area (Å²) in [6.45, 7) is 0.521. The molecule has 0 spiro atoms. The zero-order valence-electron chi connectivity index (χ0n) is 6.63. The van der Waals surface area contributed by atoms with Crippen LogP contribution in [0.15, 0.2) is 0 Å². The summed E-state index contributed by atoms with van der Waals surface area (Å²) >= 11 is 0. The predicted octanol–water partition coefficient (Wildman–Crippen LogP) is -0.952. The predicted molar refractivity (Wildman–Crippen MR) is 38.5 cm³/mol. The lowest BCUT2D eigenvalue weighted by molar-refractivity contribution is -0.142. The summed E-state index contributed by atoms with van der Waals surface area (Å²) in [4.78, 5) is 12.5. The van der Waals surface area contributed by atoms with Crippen LogP contribution in [0.1, 0.15) is 0 Å². The molecule has 0 saturated heterocycles. The highest BCUT2D eigenvalue weighted by Crippen LogP contribution is 1.85. The van der Waals surface area contributed by atoms with Crippen molar-refractivity contribution in [2.75, 3.05) is 27.7 Å². The van der Waals surface area contributed by atoms with E-state index in [4.69, 9.17) is 5.73 Å². The third-order valence-electron chi connectivity index (χ3n) is 1.07. The molecule has 0 aromatic heterocycles. The Morgan fingerprint density at radius 2 is 2.20 bits per heavy atom. The highest BCUT2D eigenvalue weighted by atomic mass is 16.5. The zero-order valence-corrected chi connectivity index (χ0v) is 6.63. The van der Waals surface area contributed by atoms with Crippen molar-refractivity contribution in [1.82, 2.24) is 4.90 Å². The van der Waals surface area contributed by atoms with E-state index in [1.54, 1.807) is 0 Å². The molecule has 0 aromatic rings. The fourth-order valence-electron chi connectivity index (χ4n) is 0.619. The molecule has 0 saturated carbocycles. The van der Waals surface area contributed by atoms with Crippen LogP contribution in [0, 0.1) is 0 Å². The van der Waals surface area contributed by atoms with Gasteiger partial charge in [-0.3, -0.25) is 4.79 Å². The maximum atomic E-state index is 10.7. The minimum atomic E-state index is -0.528. The summed E-state index contributed by atoms with van der Waals surface area (Å²) in [6.07, 6.45) is 0. The van der Waals surface area contributed by atoms with Crippen molar-refractivity contribution in [3.05, 3.63) is 0 Å². The monoisotopic (exact) mass is 146 g/mol. The minimum absolute atomic E-state index is 0.367. The van der Waals surface area contributed by atoms with Crippen molar-refractivity contribution in [3.63, 3.8) is 0 Å². The topological polar surface area (TPSA) is 55.6 Å². The lowest BCUT2D eigenvalue weighted by atomic mass is 10.3. The number of rotatable bonds is 3. The van der Waals surface area contributed by atoms with Gasteiger partial charge in [-0.05, 0) is 14.1 Å². The molecule has 1 atom stereocenters. The molecule has 0 fully saturated rings. The lowest BCUT2D eigenvalue weighted by Crippen LogP contribution is -2.40. The van der Waals surface area contributed by atoms with Crippen molar-refractivity contribution in [3.8, 4) is 0 Å². The van der Waals surface area contributed by atoms with Gasteiger partial charge in [0.05, 0.1) is 7.11 Å². The Bertz CT molecular complexity index is 114. The Kier molecular flexibility index (Phi) is 3.99. The molecule has 1 unspecified atom stereocenters. The van der Waals surface area contributed by atoms with Gasteiger partial charge in [0.1, 0.15) is 6.04 Å². The number of likely N-dealkylation sites (N-methyl/N-ethyl adjacent to an activating group) is 1. The Labute approximate surface area is 60.9 Å². The number of nitrogens with zero attached hydrogens (tertiary/aromatic N) is 1. The third-order valence-corrected chi connectivity index (χ3v) is 1.07. The highest BCUT2D eigenvalue weighted by Gasteiger charge is 2.13. The average Bonchev–Trinajstić information content (AvgIpc) is 1.85. The molecule has 0 bridgehead atoms. The van der Waals surface area contributed by atoms with E-state index in [-0.39, 0.29) is 5.97 Å². The molecule has 0 heterocycles. The summed E-state index contributed by atoms with van der Waals surface area (Å²) in [5.41, 5.74) is 5.41.